The number of ether oxygens (including phenoxy) is 3. The Morgan fingerprint density at radius 3 is 1.07 bits per heavy atom. The van der Waals surface area contributed by atoms with Gasteiger partial charge >= 0.3 is 23.9 Å². The molecule has 1 aliphatic heterocycles. The highest BCUT2D eigenvalue weighted by Gasteiger charge is 2.33. The van der Waals surface area contributed by atoms with E-state index in [9.17, 15) is 55.3 Å². The number of aliphatic carboxylic acids is 1. The highest BCUT2D eigenvalue weighted by molar-refractivity contribution is 7.86. The van der Waals surface area contributed by atoms with Crippen LogP contribution in [0.25, 0.3) is 0 Å². The quantitative estimate of drug-likeness (QED) is 0.0471. The molecule has 1 heterocycles. The molecule has 366 valence electrons. The van der Waals surface area contributed by atoms with E-state index in [0.717, 1.165) is 16.7 Å². The largest absolute Gasteiger partial charge is 0.480 e. The number of carbonyl (C=O) groups is 6. The number of carboxylic acid groups (broad SMARTS) is 1. The average Bonchev–Trinajstić information content (AvgIpc) is 3.27. The van der Waals surface area contributed by atoms with Crippen molar-refractivity contribution in [1.29, 1.82) is 0 Å². The molecule has 0 spiro atoms. The lowest BCUT2D eigenvalue weighted by Gasteiger charge is -2.33. The SMILES string of the molecule is O=C(CN1CCN(CC(=O)OCc2ccccc2)CCN(CC(=O)OCc2ccccc2)CCN(CC(=O)OCc2ccccc2)CC1)NC(CS(=O)(=O)O)C(=O)N[C@@H](CS(=O)(=O)O)C(=O)O. The Labute approximate surface area is 388 Å². The fraction of sp³-hybridized carbons (Fsp3) is 0.442. The summed E-state index contributed by atoms with van der Waals surface area (Å²) in [6.07, 6.45) is 0. The van der Waals surface area contributed by atoms with Crippen molar-refractivity contribution in [1.82, 2.24) is 30.2 Å². The van der Waals surface area contributed by atoms with Crippen LogP contribution in [0.1, 0.15) is 16.7 Å². The molecule has 0 aliphatic carbocycles. The monoisotopic (exact) mass is 976 g/mol. The molecule has 3 aromatic carbocycles. The molecule has 2 atom stereocenters. The Kier molecular flexibility index (Phi) is 21.7. The van der Waals surface area contributed by atoms with Crippen LogP contribution in [0.3, 0.4) is 0 Å². The van der Waals surface area contributed by atoms with Gasteiger partial charge in [0, 0.05) is 52.4 Å². The van der Waals surface area contributed by atoms with Crippen LogP contribution in [-0.2, 0) is 83.0 Å². The predicted molar refractivity (Wildman–Crippen MR) is 239 cm³/mol. The maximum atomic E-state index is 13.6. The Hall–Kier alpha value is -5.86. The number of carboxylic acids is 1. The summed E-state index contributed by atoms with van der Waals surface area (Å²) >= 11 is 0. The van der Waals surface area contributed by atoms with Gasteiger partial charge in [-0.2, -0.15) is 16.8 Å². The molecule has 0 saturated carbocycles. The summed E-state index contributed by atoms with van der Waals surface area (Å²) in [5.74, 6) is -8.95. The van der Waals surface area contributed by atoms with Crippen LogP contribution in [0.5, 0.6) is 0 Å². The standard InChI is InChI=1S/C43H56N6O16S2/c50-38(44-36(31-66(57,58)59)42(54)45-37(43(55)56)32-67(60,61)62)24-46-16-18-47(25-39(51)63-28-33-10-4-1-5-11-33)20-22-49(27-41(53)65-30-35-14-8-3-9-15-35)23-21-48(19-17-46)26-40(52)64-29-34-12-6-2-7-13-34/h1-15,36-37H,16-32H2,(H,44,50)(H,45,54)(H,55,56)(H,57,58,59)(H,60,61,62)/t36?,37-/m0/s1. The highest BCUT2D eigenvalue weighted by atomic mass is 32.2. The second kappa shape index (κ2) is 27.1. The molecular formula is C43H56N6O16S2. The van der Waals surface area contributed by atoms with E-state index < -0.39 is 86.1 Å². The number of rotatable bonds is 22. The van der Waals surface area contributed by atoms with Gasteiger partial charge in [0.15, 0.2) is 0 Å². The van der Waals surface area contributed by atoms with Crippen LogP contribution >= 0.6 is 0 Å². The minimum Gasteiger partial charge on any atom is -0.480 e. The third-order valence-electron chi connectivity index (χ3n) is 10.1. The lowest BCUT2D eigenvalue weighted by molar-refractivity contribution is -0.148. The van der Waals surface area contributed by atoms with E-state index in [0.29, 0.717) is 0 Å². The minimum absolute atomic E-state index is 0.00410. The minimum atomic E-state index is -5.01. The Morgan fingerprint density at radius 1 is 0.478 bits per heavy atom. The number of nitrogens with one attached hydrogen (secondary N) is 2. The van der Waals surface area contributed by atoms with Crippen molar-refractivity contribution in [3.05, 3.63) is 108 Å². The van der Waals surface area contributed by atoms with Crippen LogP contribution in [0.4, 0.5) is 0 Å². The molecule has 0 aromatic heterocycles. The number of hydrogen-bond acceptors (Lipinski definition) is 17. The van der Waals surface area contributed by atoms with Gasteiger partial charge in [0.05, 0.1) is 26.2 Å². The first-order valence-electron chi connectivity index (χ1n) is 21.0. The van der Waals surface area contributed by atoms with Crippen molar-refractivity contribution < 1.29 is 74.0 Å². The summed E-state index contributed by atoms with van der Waals surface area (Å²) in [7, 11) is -9.97. The van der Waals surface area contributed by atoms with E-state index >= 15 is 0 Å². The van der Waals surface area contributed by atoms with Crippen LogP contribution in [0.15, 0.2) is 91.0 Å². The smallest absolute Gasteiger partial charge is 0.327 e. The second-order valence-corrected chi connectivity index (χ2v) is 18.6. The summed E-state index contributed by atoms with van der Waals surface area (Å²) < 4.78 is 82.0. The number of esters is 3. The highest BCUT2D eigenvalue weighted by Crippen LogP contribution is 2.08. The first-order valence-corrected chi connectivity index (χ1v) is 24.2. The Bertz CT molecular complexity index is 2240. The number of hydrogen-bond donors (Lipinski definition) is 5. The van der Waals surface area contributed by atoms with Gasteiger partial charge in [0.25, 0.3) is 20.2 Å². The molecule has 5 N–H and O–H groups in total. The fourth-order valence-electron chi connectivity index (χ4n) is 6.60. The van der Waals surface area contributed by atoms with E-state index in [4.69, 9.17) is 18.8 Å². The van der Waals surface area contributed by atoms with Crippen molar-refractivity contribution in [3.63, 3.8) is 0 Å². The fourth-order valence-corrected chi connectivity index (χ4v) is 7.91. The van der Waals surface area contributed by atoms with Gasteiger partial charge < -0.3 is 30.0 Å². The molecule has 22 nitrogen and oxygen atoms in total. The van der Waals surface area contributed by atoms with Gasteiger partial charge in [-0.15, -0.1) is 0 Å². The van der Waals surface area contributed by atoms with Crippen molar-refractivity contribution in [2.45, 2.75) is 31.9 Å². The van der Waals surface area contributed by atoms with Gasteiger partial charge in [-0.05, 0) is 16.7 Å². The molecule has 1 aliphatic rings. The third-order valence-corrected chi connectivity index (χ3v) is 11.6. The molecule has 2 amide bonds. The van der Waals surface area contributed by atoms with E-state index in [2.05, 4.69) is 5.32 Å². The zero-order valence-electron chi connectivity index (χ0n) is 36.6. The van der Waals surface area contributed by atoms with Gasteiger partial charge in [0.1, 0.15) is 43.4 Å². The molecule has 3 aromatic rings. The number of nitrogens with zero attached hydrogens (tertiary/aromatic N) is 4. The number of amides is 2. The van der Waals surface area contributed by atoms with Gasteiger partial charge in [-0.25, -0.2) is 4.79 Å². The first-order chi connectivity index (χ1) is 31.8. The Morgan fingerprint density at radius 2 is 0.776 bits per heavy atom. The predicted octanol–water partition coefficient (Wildman–Crippen LogP) is -0.732. The molecule has 0 bridgehead atoms. The maximum Gasteiger partial charge on any atom is 0.327 e. The summed E-state index contributed by atoms with van der Waals surface area (Å²) in [5.41, 5.74) is 2.31. The van der Waals surface area contributed by atoms with Crippen LogP contribution in [0, 0.1) is 0 Å². The van der Waals surface area contributed by atoms with Crippen LogP contribution in [0.2, 0.25) is 0 Å². The lowest BCUT2D eigenvalue weighted by Crippen LogP contribution is -2.57. The molecular weight excluding hydrogens is 921 g/mol. The van der Waals surface area contributed by atoms with Crippen molar-refractivity contribution in [2.75, 3.05) is 90.0 Å². The molecule has 24 heteroatoms. The van der Waals surface area contributed by atoms with Crippen molar-refractivity contribution >= 4 is 55.9 Å². The van der Waals surface area contributed by atoms with Crippen LogP contribution in [-0.4, -0.2) is 188 Å². The first kappa shape index (κ1) is 53.8. The molecule has 0 radical (unpaired) electrons. The molecule has 67 heavy (non-hydrogen) atoms. The Balaban J connectivity index is 1.55. The van der Waals surface area contributed by atoms with E-state index in [-0.39, 0.29) is 91.8 Å². The average molecular weight is 977 g/mol. The van der Waals surface area contributed by atoms with E-state index in [1.807, 2.05) is 47.4 Å². The summed E-state index contributed by atoms with van der Waals surface area (Å²) in [4.78, 5) is 84.8. The zero-order chi connectivity index (χ0) is 48.8. The topological polar surface area (TPSA) is 296 Å². The van der Waals surface area contributed by atoms with Gasteiger partial charge in [-0.3, -0.25) is 52.7 Å². The lowest BCUT2D eigenvalue weighted by atomic mass is 10.2. The zero-order valence-corrected chi connectivity index (χ0v) is 38.2. The second-order valence-electron chi connectivity index (χ2n) is 15.6. The summed E-state index contributed by atoms with van der Waals surface area (Å²) in [6.45, 7) is 0.196. The van der Waals surface area contributed by atoms with Crippen molar-refractivity contribution in [3.8, 4) is 0 Å². The normalized spacial score (nSPS) is 16.0. The number of benzene rings is 3. The van der Waals surface area contributed by atoms with Crippen LogP contribution < -0.4 is 10.6 Å². The molecule has 1 unspecified atom stereocenters. The summed E-state index contributed by atoms with van der Waals surface area (Å²) in [6, 6.07) is 22.7. The van der Waals surface area contributed by atoms with E-state index in [1.54, 1.807) is 68.5 Å². The van der Waals surface area contributed by atoms with E-state index in [1.165, 1.54) is 0 Å². The third kappa shape index (κ3) is 22.5. The number of carbonyl (C=O) groups excluding carboxylic acids is 5. The maximum absolute atomic E-state index is 13.6. The van der Waals surface area contributed by atoms with Gasteiger partial charge in [-0.1, -0.05) is 91.0 Å². The van der Waals surface area contributed by atoms with Crippen molar-refractivity contribution in [2.24, 2.45) is 0 Å². The summed E-state index contributed by atoms with van der Waals surface area (Å²) in [5, 5.41) is 13.3. The van der Waals surface area contributed by atoms with Gasteiger partial charge in [0.2, 0.25) is 11.8 Å². The molecule has 4 rings (SSSR count). The molecule has 1 fully saturated rings. The molecule has 1 saturated heterocycles.